The molecule has 178 valence electrons. The van der Waals surface area contributed by atoms with E-state index in [4.69, 9.17) is 16.6 Å². The number of carbonyl (C=O) groups is 2. The van der Waals surface area contributed by atoms with E-state index >= 15 is 0 Å². The summed E-state index contributed by atoms with van der Waals surface area (Å²) in [6.45, 7) is 0.978. The first-order valence-electron chi connectivity index (χ1n) is 11.2. The molecule has 3 N–H and O–H groups in total. The van der Waals surface area contributed by atoms with Gasteiger partial charge in [-0.2, -0.15) is 9.61 Å². The number of aromatic nitrogens is 3. The maximum absolute atomic E-state index is 12.2. The average Bonchev–Trinajstić information content (AvgIpc) is 3.47. The lowest BCUT2D eigenvalue weighted by Crippen LogP contribution is -2.41. The van der Waals surface area contributed by atoms with Gasteiger partial charge in [-0.05, 0) is 39.5 Å². The largest absolute Gasteiger partial charge is 0.366 e. The Morgan fingerprint density at radius 3 is 2.60 bits per heavy atom. The molecule has 0 aliphatic carbocycles. The highest BCUT2D eigenvalue weighted by molar-refractivity contribution is 9.10. The number of benzene rings is 2. The maximum Gasteiger partial charge on any atom is 0.242 e. The third-order valence-corrected chi connectivity index (χ3v) is 6.74. The van der Waals surface area contributed by atoms with Crippen LogP contribution in [0, 0.1) is 0 Å². The summed E-state index contributed by atoms with van der Waals surface area (Å²) in [6, 6.07) is 17.1. The van der Waals surface area contributed by atoms with Gasteiger partial charge in [-0.1, -0.05) is 54.1 Å². The number of hydrogen-bond donors (Lipinski definition) is 3. The van der Waals surface area contributed by atoms with Crippen LogP contribution in [0.2, 0.25) is 5.02 Å². The Hall–Kier alpha value is -3.43. The zero-order chi connectivity index (χ0) is 24.4. The minimum absolute atomic E-state index is 0.0741. The molecule has 8 nitrogen and oxygen atoms in total. The SMILES string of the molecule is O=C1CCC(C(=O)NCc2ccc(CNc3cc(-c4ccccc4Cl)nc4c(Br)cnn34)cc2)N1. The van der Waals surface area contributed by atoms with Crippen molar-refractivity contribution >= 4 is 50.8 Å². The number of hydrogen-bond acceptors (Lipinski definition) is 5. The molecule has 1 fully saturated rings. The normalized spacial score (nSPS) is 15.3. The van der Waals surface area contributed by atoms with Crippen LogP contribution >= 0.6 is 27.5 Å². The number of nitrogens with zero attached hydrogens (tertiary/aromatic N) is 3. The molecule has 0 saturated carbocycles. The van der Waals surface area contributed by atoms with Gasteiger partial charge in [-0.25, -0.2) is 4.98 Å². The van der Waals surface area contributed by atoms with Crippen LogP contribution in [0.3, 0.4) is 0 Å². The molecule has 1 aliphatic rings. The Morgan fingerprint density at radius 2 is 1.89 bits per heavy atom. The van der Waals surface area contributed by atoms with Gasteiger partial charge >= 0.3 is 0 Å². The number of amides is 2. The van der Waals surface area contributed by atoms with E-state index < -0.39 is 6.04 Å². The maximum atomic E-state index is 12.2. The Bertz CT molecular complexity index is 1410. The third kappa shape index (κ3) is 5.16. The van der Waals surface area contributed by atoms with Gasteiger partial charge in [-0.15, -0.1) is 0 Å². The van der Waals surface area contributed by atoms with Crippen LogP contribution in [0.15, 0.2) is 65.3 Å². The molecule has 2 aromatic carbocycles. The van der Waals surface area contributed by atoms with Crippen molar-refractivity contribution in [2.24, 2.45) is 0 Å². The molecule has 35 heavy (non-hydrogen) atoms. The topological polar surface area (TPSA) is 100 Å². The van der Waals surface area contributed by atoms with Crippen LogP contribution in [-0.2, 0) is 22.7 Å². The summed E-state index contributed by atoms with van der Waals surface area (Å²) in [4.78, 5) is 28.2. The van der Waals surface area contributed by atoms with Crippen molar-refractivity contribution in [1.29, 1.82) is 0 Å². The minimum atomic E-state index is -0.429. The fraction of sp³-hybridized carbons (Fsp3) is 0.200. The zero-order valence-electron chi connectivity index (χ0n) is 18.6. The van der Waals surface area contributed by atoms with Crippen molar-refractivity contribution in [2.75, 3.05) is 5.32 Å². The second-order valence-electron chi connectivity index (χ2n) is 8.28. The summed E-state index contributed by atoms with van der Waals surface area (Å²) in [6.07, 6.45) is 2.66. The van der Waals surface area contributed by atoms with Gasteiger partial charge in [-0.3, -0.25) is 9.59 Å². The Labute approximate surface area is 215 Å². The minimum Gasteiger partial charge on any atom is -0.366 e. The number of carbonyl (C=O) groups excluding carboxylic acids is 2. The van der Waals surface area contributed by atoms with Gasteiger partial charge in [0, 0.05) is 36.2 Å². The van der Waals surface area contributed by atoms with Crippen molar-refractivity contribution in [3.8, 4) is 11.3 Å². The quantitative estimate of drug-likeness (QED) is 0.317. The summed E-state index contributed by atoms with van der Waals surface area (Å²) in [5.41, 5.74) is 4.33. The van der Waals surface area contributed by atoms with E-state index in [1.807, 2.05) is 54.6 Å². The van der Waals surface area contributed by atoms with Gasteiger partial charge < -0.3 is 16.0 Å². The summed E-state index contributed by atoms with van der Waals surface area (Å²) in [5, 5.41) is 14.1. The number of anilines is 1. The van der Waals surface area contributed by atoms with E-state index in [9.17, 15) is 9.59 Å². The molecule has 0 spiro atoms. The monoisotopic (exact) mass is 552 g/mol. The van der Waals surface area contributed by atoms with Crippen LogP contribution in [0.4, 0.5) is 5.82 Å². The first kappa shape index (κ1) is 23.3. The molecule has 2 aromatic heterocycles. The third-order valence-electron chi connectivity index (χ3n) is 5.85. The highest BCUT2D eigenvalue weighted by Crippen LogP contribution is 2.30. The first-order chi connectivity index (χ1) is 17.0. The summed E-state index contributed by atoms with van der Waals surface area (Å²) in [7, 11) is 0. The lowest BCUT2D eigenvalue weighted by molar-refractivity contribution is -0.125. The summed E-state index contributed by atoms with van der Waals surface area (Å²) < 4.78 is 2.54. The standard InChI is InChI=1S/C25H22BrClN6O2/c26-18-14-30-33-22(11-21(32-24(18)33)17-3-1-2-4-19(17)27)28-12-15-5-7-16(8-6-15)13-29-25(35)20-9-10-23(34)31-20/h1-8,11,14,20,28H,9-10,12-13H2,(H,29,35)(H,31,34). The van der Waals surface area contributed by atoms with Crippen molar-refractivity contribution in [3.05, 3.63) is 81.4 Å². The second-order valence-corrected chi connectivity index (χ2v) is 9.54. The van der Waals surface area contributed by atoms with Crippen LogP contribution < -0.4 is 16.0 Å². The number of halogens is 2. The average molecular weight is 554 g/mol. The molecule has 10 heteroatoms. The summed E-state index contributed by atoms with van der Waals surface area (Å²) in [5.74, 6) is 0.559. The van der Waals surface area contributed by atoms with Crippen LogP contribution in [0.5, 0.6) is 0 Å². The van der Waals surface area contributed by atoms with Gasteiger partial charge in [0.1, 0.15) is 11.9 Å². The van der Waals surface area contributed by atoms with Crippen molar-refractivity contribution in [1.82, 2.24) is 25.2 Å². The van der Waals surface area contributed by atoms with Gasteiger partial charge in [0.2, 0.25) is 11.8 Å². The molecule has 2 amide bonds. The van der Waals surface area contributed by atoms with E-state index in [2.05, 4.69) is 37.0 Å². The predicted octanol–water partition coefficient (Wildman–Crippen LogP) is 4.32. The van der Waals surface area contributed by atoms with E-state index in [1.54, 1.807) is 10.7 Å². The zero-order valence-corrected chi connectivity index (χ0v) is 20.9. The van der Waals surface area contributed by atoms with Gasteiger partial charge in [0.15, 0.2) is 5.65 Å². The van der Waals surface area contributed by atoms with E-state index in [0.29, 0.717) is 36.6 Å². The molecule has 1 unspecified atom stereocenters. The summed E-state index contributed by atoms with van der Waals surface area (Å²) >= 11 is 9.94. The number of nitrogens with one attached hydrogen (secondary N) is 3. The Kier molecular flexibility index (Phi) is 6.70. The molecular weight excluding hydrogens is 532 g/mol. The second kappa shape index (κ2) is 10.1. The van der Waals surface area contributed by atoms with Gasteiger partial charge in [0.25, 0.3) is 0 Å². The molecule has 3 heterocycles. The Balaban J connectivity index is 1.27. The van der Waals surface area contributed by atoms with E-state index in [-0.39, 0.29) is 11.8 Å². The highest BCUT2D eigenvalue weighted by atomic mass is 79.9. The van der Waals surface area contributed by atoms with Gasteiger partial charge in [0.05, 0.1) is 16.4 Å². The van der Waals surface area contributed by atoms with E-state index in [0.717, 1.165) is 32.7 Å². The van der Waals surface area contributed by atoms with Crippen molar-refractivity contribution in [2.45, 2.75) is 32.0 Å². The smallest absolute Gasteiger partial charge is 0.242 e. The molecule has 5 rings (SSSR count). The Morgan fingerprint density at radius 1 is 1.14 bits per heavy atom. The lowest BCUT2D eigenvalue weighted by atomic mass is 10.1. The fourth-order valence-electron chi connectivity index (χ4n) is 3.96. The molecule has 0 bridgehead atoms. The number of fused-ring (bicyclic) bond motifs is 1. The lowest BCUT2D eigenvalue weighted by Gasteiger charge is -2.13. The van der Waals surface area contributed by atoms with Crippen molar-refractivity contribution < 1.29 is 9.59 Å². The van der Waals surface area contributed by atoms with Crippen LogP contribution in [-0.4, -0.2) is 32.5 Å². The number of rotatable bonds is 7. The molecule has 1 atom stereocenters. The highest BCUT2D eigenvalue weighted by Gasteiger charge is 2.26. The predicted molar refractivity (Wildman–Crippen MR) is 138 cm³/mol. The fourth-order valence-corrected chi connectivity index (χ4v) is 4.54. The van der Waals surface area contributed by atoms with Crippen LogP contribution in [0.1, 0.15) is 24.0 Å². The molecule has 1 aliphatic heterocycles. The molecular formula is C25H22BrClN6O2. The first-order valence-corrected chi connectivity index (χ1v) is 12.3. The van der Waals surface area contributed by atoms with Crippen molar-refractivity contribution in [3.63, 3.8) is 0 Å². The van der Waals surface area contributed by atoms with E-state index in [1.165, 1.54) is 0 Å². The van der Waals surface area contributed by atoms with Crippen LogP contribution in [0.25, 0.3) is 16.9 Å². The molecule has 0 radical (unpaired) electrons. The molecule has 1 saturated heterocycles. The molecule has 4 aromatic rings.